The Kier molecular flexibility index (Phi) is 8.43. The van der Waals surface area contributed by atoms with Gasteiger partial charge in [0, 0.05) is 44.5 Å². The fourth-order valence-corrected chi connectivity index (χ4v) is 3.30. The molecule has 0 bridgehead atoms. The van der Waals surface area contributed by atoms with Crippen LogP contribution in [0.25, 0.3) is 0 Å². The second-order valence-corrected chi connectivity index (χ2v) is 7.80. The number of aliphatic imine (C=N–C) groups is 1. The first-order valence-corrected chi connectivity index (χ1v) is 10.9. The lowest BCUT2D eigenvalue weighted by molar-refractivity contribution is 0.0827. The Bertz CT molecular complexity index is 1030. The van der Waals surface area contributed by atoms with E-state index >= 15 is 0 Å². The van der Waals surface area contributed by atoms with Crippen LogP contribution in [0, 0.1) is 0 Å². The second kappa shape index (κ2) is 11.7. The van der Waals surface area contributed by atoms with E-state index in [9.17, 15) is 4.79 Å². The molecule has 2 aromatic carbocycles. The van der Waals surface area contributed by atoms with Gasteiger partial charge in [-0.15, -0.1) is 0 Å². The molecule has 0 radical (unpaired) electrons. The standard InChI is InChI=1S/C25H32N6O/c1-4-26-25(27-14-13-20-11-8-12-23(15-20)24(32)30(2)3)28-16-22-17-29-31(19-22)18-21-9-6-5-7-10-21/h5-12,15,17,19H,4,13-14,16,18H2,1-3H3,(H2,26,27,28). The summed E-state index contributed by atoms with van der Waals surface area (Å²) in [7, 11) is 3.53. The predicted molar refractivity (Wildman–Crippen MR) is 129 cm³/mol. The Morgan fingerprint density at radius 1 is 1.03 bits per heavy atom. The zero-order valence-corrected chi connectivity index (χ0v) is 19.1. The van der Waals surface area contributed by atoms with E-state index in [2.05, 4.69) is 32.9 Å². The van der Waals surface area contributed by atoms with Crippen LogP contribution < -0.4 is 10.6 Å². The van der Waals surface area contributed by atoms with E-state index in [1.807, 2.05) is 66.5 Å². The third-order valence-electron chi connectivity index (χ3n) is 4.92. The van der Waals surface area contributed by atoms with Gasteiger partial charge in [0.2, 0.25) is 0 Å². The van der Waals surface area contributed by atoms with Crippen molar-refractivity contribution in [3.05, 3.63) is 89.2 Å². The van der Waals surface area contributed by atoms with Gasteiger partial charge in [0.25, 0.3) is 5.91 Å². The molecule has 0 spiro atoms. The molecule has 3 aromatic rings. The smallest absolute Gasteiger partial charge is 0.253 e. The summed E-state index contributed by atoms with van der Waals surface area (Å²) in [4.78, 5) is 18.4. The number of rotatable bonds is 9. The van der Waals surface area contributed by atoms with E-state index < -0.39 is 0 Å². The SMILES string of the molecule is CCNC(=NCc1cnn(Cc2ccccc2)c1)NCCc1cccc(C(=O)N(C)C)c1. The zero-order chi connectivity index (χ0) is 22.8. The summed E-state index contributed by atoms with van der Waals surface area (Å²) in [5.41, 5.74) is 4.11. The van der Waals surface area contributed by atoms with Crippen LogP contribution in [0.3, 0.4) is 0 Å². The van der Waals surface area contributed by atoms with Crippen LogP contribution in [0.4, 0.5) is 0 Å². The minimum absolute atomic E-state index is 0.0162. The number of carbonyl (C=O) groups is 1. The molecule has 7 heteroatoms. The Balaban J connectivity index is 1.53. The third-order valence-corrected chi connectivity index (χ3v) is 4.92. The first-order chi connectivity index (χ1) is 15.5. The number of nitrogens with zero attached hydrogens (tertiary/aromatic N) is 4. The molecule has 0 aliphatic rings. The summed E-state index contributed by atoms with van der Waals surface area (Å²) < 4.78 is 1.93. The van der Waals surface area contributed by atoms with Crippen LogP contribution in [0.2, 0.25) is 0 Å². The van der Waals surface area contributed by atoms with Gasteiger partial charge >= 0.3 is 0 Å². The van der Waals surface area contributed by atoms with Gasteiger partial charge in [-0.2, -0.15) is 5.10 Å². The number of amides is 1. The minimum atomic E-state index is 0.0162. The van der Waals surface area contributed by atoms with E-state index in [-0.39, 0.29) is 5.91 Å². The molecular formula is C25H32N6O. The lowest BCUT2D eigenvalue weighted by Crippen LogP contribution is -2.38. The summed E-state index contributed by atoms with van der Waals surface area (Å²) in [5.74, 6) is 0.784. The maximum atomic E-state index is 12.2. The van der Waals surface area contributed by atoms with Crippen molar-refractivity contribution in [1.82, 2.24) is 25.3 Å². The summed E-state index contributed by atoms with van der Waals surface area (Å²) in [6.45, 7) is 4.85. The summed E-state index contributed by atoms with van der Waals surface area (Å²) in [6.07, 6.45) is 4.70. The second-order valence-electron chi connectivity index (χ2n) is 7.80. The molecule has 0 aliphatic heterocycles. The number of hydrogen-bond donors (Lipinski definition) is 2. The summed E-state index contributed by atoms with van der Waals surface area (Å²) in [5, 5.41) is 11.1. The third kappa shape index (κ3) is 6.97. The highest BCUT2D eigenvalue weighted by Gasteiger charge is 2.08. The van der Waals surface area contributed by atoms with Crippen LogP contribution in [-0.4, -0.2) is 53.7 Å². The van der Waals surface area contributed by atoms with Crippen molar-refractivity contribution in [2.45, 2.75) is 26.4 Å². The number of carbonyl (C=O) groups excluding carboxylic acids is 1. The van der Waals surface area contributed by atoms with Crippen molar-refractivity contribution in [2.24, 2.45) is 4.99 Å². The van der Waals surface area contributed by atoms with Gasteiger partial charge in [0.1, 0.15) is 0 Å². The number of guanidine groups is 1. The molecule has 32 heavy (non-hydrogen) atoms. The molecule has 0 fully saturated rings. The molecule has 3 rings (SSSR count). The topological polar surface area (TPSA) is 74.5 Å². The van der Waals surface area contributed by atoms with Gasteiger partial charge in [-0.05, 0) is 36.6 Å². The molecule has 1 aromatic heterocycles. The van der Waals surface area contributed by atoms with Gasteiger partial charge in [-0.1, -0.05) is 42.5 Å². The fraction of sp³-hybridized carbons (Fsp3) is 0.320. The van der Waals surface area contributed by atoms with E-state index in [0.717, 1.165) is 43.1 Å². The van der Waals surface area contributed by atoms with E-state index in [0.29, 0.717) is 12.1 Å². The van der Waals surface area contributed by atoms with E-state index in [1.54, 1.807) is 19.0 Å². The van der Waals surface area contributed by atoms with Crippen LogP contribution in [0.5, 0.6) is 0 Å². The lowest BCUT2D eigenvalue weighted by Gasteiger charge is -2.13. The van der Waals surface area contributed by atoms with Gasteiger partial charge < -0.3 is 15.5 Å². The van der Waals surface area contributed by atoms with Crippen molar-refractivity contribution >= 4 is 11.9 Å². The highest BCUT2D eigenvalue weighted by Crippen LogP contribution is 2.08. The molecule has 168 valence electrons. The molecule has 0 unspecified atom stereocenters. The van der Waals surface area contributed by atoms with Gasteiger partial charge in [-0.3, -0.25) is 9.48 Å². The Hall–Kier alpha value is -3.61. The number of nitrogens with one attached hydrogen (secondary N) is 2. The molecule has 0 saturated heterocycles. The molecule has 0 atom stereocenters. The maximum Gasteiger partial charge on any atom is 0.253 e. The molecule has 1 heterocycles. The van der Waals surface area contributed by atoms with Crippen LogP contribution in [0.1, 0.15) is 34.0 Å². The first kappa shape index (κ1) is 23.1. The molecule has 1 amide bonds. The zero-order valence-electron chi connectivity index (χ0n) is 19.1. The highest BCUT2D eigenvalue weighted by atomic mass is 16.2. The average Bonchev–Trinajstić information content (AvgIpc) is 3.25. The molecule has 2 N–H and O–H groups in total. The first-order valence-electron chi connectivity index (χ1n) is 10.9. The Morgan fingerprint density at radius 3 is 2.56 bits per heavy atom. The number of hydrogen-bond acceptors (Lipinski definition) is 3. The Labute approximate surface area is 190 Å². The predicted octanol–water partition coefficient (Wildman–Crippen LogP) is 2.93. The van der Waals surface area contributed by atoms with Crippen molar-refractivity contribution in [3.8, 4) is 0 Å². The minimum Gasteiger partial charge on any atom is -0.357 e. The van der Waals surface area contributed by atoms with Gasteiger partial charge in [-0.25, -0.2) is 4.99 Å². The van der Waals surface area contributed by atoms with Gasteiger partial charge in [0.05, 0.1) is 19.3 Å². The summed E-state index contributed by atoms with van der Waals surface area (Å²) in [6, 6.07) is 18.1. The maximum absolute atomic E-state index is 12.2. The molecule has 7 nitrogen and oxygen atoms in total. The number of benzene rings is 2. The van der Waals surface area contributed by atoms with Crippen LogP contribution in [-0.2, 0) is 19.5 Å². The van der Waals surface area contributed by atoms with Crippen LogP contribution in [0.15, 0.2) is 72.0 Å². The van der Waals surface area contributed by atoms with E-state index in [1.165, 1.54) is 5.56 Å². The number of aromatic nitrogens is 2. The average molecular weight is 433 g/mol. The normalized spacial score (nSPS) is 11.3. The monoisotopic (exact) mass is 432 g/mol. The summed E-state index contributed by atoms with van der Waals surface area (Å²) >= 11 is 0. The Morgan fingerprint density at radius 2 is 1.81 bits per heavy atom. The van der Waals surface area contributed by atoms with E-state index in [4.69, 9.17) is 0 Å². The van der Waals surface area contributed by atoms with Crippen molar-refractivity contribution < 1.29 is 4.79 Å². The molecule has 0 saturated carbocycles. The molecular weight excluding hydrogens is 400 g/mol. The van der Waals surface area contributed by atoms with Crippen molar-refractivity contribution in [1.29, 1.82) is 0 Å². The lowest BCUT2D eigenvalue weighted by atomic mass is 10.1. The van der Waals surface area contributed by atoms with Gasteiger partial charge in [0.15, 0.2) is 5.96 Å². The quantitative estimate of drug-likeness (QED) is 0.403. The largest absolute Gasteiger partial charge is 0.357 e. The van der Waals surface area contributed by atoms with Crippen molar-refractivity contribution in [3.63, 3.8) is 0 Å². The highest BCUT2D eigenvalue weighted by molar-refractivity contribution is 5.94. The van der Waals surface area contributed by atoms with Crippen LogP contribution >= 0.6 is 0 Å². The van der Waals surface area contributed by atoms with Crippen molar-refractivity contribution in [2.75, 3.05) is 27.2 Å². The fourth-order valence-electron chi connectivity index (χ4n) is 3.30. The molecule has 0 aliphatic carbocycles.